The maximum atomic E-state index is 12.4. The molecule has 0 N–H and O–H groups in total. The van der Waals surface area contributed by atoms with Crippen LogP contribution in [0.2, 0.25) is 0 Å². The third-order valence-corrected chi connectivity index (χ3v) is 8.94. The number of rotatable bonds is 8. The molecule has 4 aromatic rings. The highest BCUT2D eigenvalue weighted by Gasteiger charge is 2.28. The van der Waals surface area contributed by atoms with Gasteiger partial charge in [0.2, 0.25) is 0 Å². The first-order valence-corrected chi connectivity index (χ1v) is 15.6. The number of aryl methyl sites for hydroxylation is 1. The molecule has 41 heavy (non-hydrogen) atoms. The minimum Gasteiger partial charge on any atom is -0.492 e. The number of thiophene rings is 1. The molecule has 0 atom stereocenters. The Morgan fingerprint density at radius 2 is 1.85 bits per heavy atom. The van der Waals surface area contributed by atoms with Crippen LogP contribution in [0.15, 0.2) is 48.0 Å². The summed E-state index contributed by atoms with van der Waals surface area (Å²) < 4.78 is 23.9. The van der Waals surface area contributed by atoms with Gasteiger partial charge in [0.1, 0.15) is 29.8 Å². The van der Waals surface area contributed by atoms with E-state index < -0.39 is 5.60 Å². The number of piperidine rings is 1. The van der Waals surface area contributed by atoms with E-state index in [9.17, 15) is 4.79 Å². The Balaban J connectivity index is 1.08. The average molecular weight is 577 g/mol. The number of amides is 1. The fourth-order valence-electron chi connectivity index (χ4n) is 5.69. The summed E-state index contributed by atoms with van der Waals surface area (Å²) in [6.45, 7) is 8.21. The smallest absolute Gasteiger partial charge is 0.410 e. The third-order valence-electron chi connectivity index (χ3n) is 8.09. The molecule has 0 bridgehead atoms. The highest BCUT2D eigenvalue weighted by molar-refractivity contribution is 7.17. The average Bonchev–Trinajstić information content (AvgIpc) is 3.60. The number of carbonyl (C=O) groups is 1. The summed E-state index contributed by atoms with van der Waals surface area (Å²) in [5.41, 5.74) is 3.22. The van der Waals surface area contributed by atoms with Crippen molar-refractivity contribution in [2.75, 3.05) is 19.7 Å². The summed E-state index contributed by atoms with van der Waals surface area (Å²) in [4.78, 5) is 19.0. The summed E-state index contributed by atoms with van der Waals surface area (Å²) in [7, 11) is 2.12. The summed E-state index contributed by atoms with van der Waals surface area (Å²) in [5, 5.41) is 2.14. The zero-order chi connectivity index (χ0) is 28.6. The number of likely N-dealkylation sites (tertiary alicyclic amines) is 1. The van der Waals surface area contributed by atoms with Crippen LogP contribution in [0.25, 0.3) is 21.7 Å². The number of fused-ring (bicyclic) bond motifs is 1. The number of carbonyl (C=O) groups excluding carboxylic acids is 1. The maximum Gasteiger partial charge on any atom is 0.410 e. The Hall–Kier alpha value is -3.46. The molecule has 2 fully saturated rings. The van der Waals surface area contributed by atoms with E-state index in [2.05, 4.69) is 39.9 Å². The van der Waals surface area contributed by atoms with Crippen molar-refractivity contribution in [3.05, 3.63) is 53.7 Å². The quantitative estimate of drug-likeness (QED) is 0.221. The summed E-state index contributed by atoms with van der Waals surface area (Å²) in [6, 6.07) is 12.3. The van der Waals surface area contributed by atoms with Crippen LogP contribution in [0, 0.1) is 0 Å². The Bertz CT molecular complexity index is 1500. The third kappa shape index (κ3) is 6.10. The molecule has 1 aromatic carbocycles. The van der Waals surface area contributed by atoms with Gasteiger partial charge in [-0.25, -0.2) is 9.78 Å². The molecular weight excluding hydrogens is 536 g/mol. The highest BCUT2D eigenvalue weighted by Crippen LogP contribution is 2.39. The van der Waals surface area contributed by atoms with E-state index in [0.717, 1.165) is 42.4 Å². The molecule has 9 heteroatoms. The molecule has 3 aromatic heterocycles. The van der Waals surface area contributed by atoms with E-state index in [-0.39, 0.29) is 12.2 Å². The molecule has 6 rings (SSSR count). The van der Waals surface area contributed by atoms with Gasteiger partial charge < -0.3 is 28.2 Å². The highest BCUT2D eigenvalue weighted by atomic mass is 32.1. The zero-order valence-electron chi connectivity index (χ0n) is 24.5. The van der Waals surface area contributed by atoms with Crippen molar-refractivity contribution in [2.24, 2.45) is 7.05 Å². The lowest BCUT2D eigenvalue weighted by molar-refractivity contribution is 0.0126. The standard InChI is InChI=1S/C32H40N4O4S/c1-32(2,3)40-31(37)35-14-11-23(12-15-35)39-25-10-6-9-24(19-25)38-17-16-36-28(22-7-5-8-22)21-33-30(36)27-20-29-26(34(27)4)13-18-41-29/h6,9-10,13,18-23H,5,7-8,11-12,14-17H2,1-4H3. The van der Waals surface area contributed by atoms with Gasteiger partial charge in [-0.15, -0.1) is 11.3 Å². The van der Waals surface area contributed by atoms with Crippen molar-refractivity contribution in [3.63, 3.8) is 0 Å². The molecule has 218 valence electrons. The number of imidazole rings is 1. The fraction of sp³-hybridized carbons (Fsp3) is 0.500. The van der Waals surface area contributed by atoms with E-state index in [1.54, 1.807) is 16.2 Å². The van der Waals surface area contributed by atoms with Crippen LogP contribution in [0.3, 0.4) is 0 Å². The molecule has 1 saturated heterocycles. The molecule has 1 saturated carbocycles. The maximum absolute atomic E-state index is 12.4. The Morgan fingerprint density at radius 1 is 1.07 bits per heavy atom. The number of nitrogens with zero attached hydrogens (tertiary/aromatic N) is 4. The second kappa shape index (κ2) is 11.4. The van der Waals surface area contributed by atoms with Gasteiger partial charge in [-0.3, -0.25) is 0 Å². The van der Waals surface area contributed by atoms with Gasteiger partial charge in [-0.1, -0.05) is 12.5 Å². The normalized spacial score (nSPS) is 16.6. The van der Waals surface area contributed by atoms with Crippen molar-refractivity contribution >= 4 is 27.6 Å². The van der Waals surface area contributed by atoms with Crippen LogP contribution in [-0.2, 0) is 18.3 Å². The first kappa shape index (κ1) is 27.7. The van der Waals surface area contributed by atoms with Crippen molar-refractivity contribution < 1.29 is 19.0 Å². The number of ether oxygens (including phenoxy) is 3. The van der Waals surface area contributed by atoms with Crippen LogP contribution in [0.4, 0.5) is 4.79 Å². The number of hydrogen-bond donors (Lipinski definition) is 0. The van der Waals surface area contributed by atoms with Gasteiger partial charge >= 0.3 is 6.09 Å². The number of hydrogen-bond acceptors (Lipinski definition) is 6. The Morgan fingerprint density at radius 3 is 2.56 bits per heavy atom. The van der Waals surface area contributed by atoms with E-state index >= 15 is 0 Å². The van der Waals surface area contributed by atoms with E-state index in [1.165, 1.54) is 35.2 Å². The van der Waals surface area contributed by atoms with Crippen molar-refractivity contribution in [2.45, 2.75) is 77.0 Å². The zero-order valence-corrected chi connectivity index (χ0v) is 25.3. The second-order valence-corrected chi connectivity index (χ2v) is 13.1. The van der Waals surface area contributed by atoms with Crippen LogP contribution in [0.1, 0.15) is 64.5 Å². The topological polar surface area (TPSA) is 70.8 Å². The van der Waals surface area contributed by atoms with Gasteiger partial charge in [0, 0.05) is 56.9 Å². The van der Waals surface area contributed by atoms with Crippen molar-refractivity contribution in [1.29, 1.82) is 0 Å². The lowest BCUT2D eigenvalue weighted by Crippen LogP contribution is -2.44. The molecule has 4 heterocycles. The van der Waals surface area contributed by atoms with E-state index in [1.807, 2.05) is 45.0 Å². The van der Waals surface area contributed by atoms with Gasteiger partial charge in [-0.05, 0) is 63.3 Å². The molecule has 1 amide bonds. The van der Waals surface area contributed by atoms with Crippen LogP contribution < -0.4 is 9.47 Å². The van der Waals surface area contributed by atoms with Crippen LogP contribution in [0.5, 0.6) is 11.5 Å². The first-order chi connectivity index (χ1) is 19.7. The minimum atomic E-state index is -0.485. The molecule has 0 unspecified atom stereocenters. The van der Waals surface area contributed by atoms with Crippen LogP contribution >= 0.6 is 11.3 Å². The molecule has 1 aliphatic carbocycles. The Labute approximate surface area is 245 Å². The van der Waals surface area contributed by atoms with Gasteiger partial charge in [0.05, 0.1) is 22.5 Å². The van der Waals surface area contributed by atoms with E-state index in [4.69, 9.17) is 19.2 Å². The lowest BCUT2D eigenvalue weighted by atomic mass is 9.83. The molecule has 8 nitrogen and oxygen atoms in total. The predicted octanol–water partition coefficient (Wildman–Crippen LogP) is 7.23. The van der Waals surface area contributed by atoms with E-state index in [0.29, 0.717) is 25.6 Å². The SMILES string of the molecule is Cn1c(-c2ncc(C3CCC3)n2CCOc2cccc(OC3CCN(C(=O)OC(C)(C)C)CC3)c2)cc2sccc21. The van der Waals surface area contributed by atoms with Crippen LogP contribution in [-0.4, -0.2) is 56.5 Å². The monoisotopic (exact) mass is 576 g/mol. The summed E-state index contributed by atoms with van der Waals surface area (Å²) in [5.74, 6) is 3.17. The second-order valence-electron chi connectivity index (χ2n) is 12.2. The van der Waals surface area contributed by atoms with Gasteiger partial charge in [-0.2, -0.15) is 0 Å². The fourth-order valence-corrected chi connectivity index (χ4v) is 6.54. The lowest BCUT2D eigenvalue weighted by Gasteiger charge is -2.33. The first-order valence-electron chi connectivity index (χ1n) is 14.7. The molecule has 0 radical (unpaired) electrons. The predicted molar refractivity (Wildman–Crippen MR) is 162 cm³/mol. The molecule has 1 aliphatic heterocycles. The summed E-state index contributed by atoms with van der Waals surface area (Å²) >= 11 is 1.77. The minimum absolute atomic E-state index is 0.0578. The van der Waals surface area contributed by atoms with Crippen molar-refractivity contribution in [1.82, 2.24) is 19.0 Å². The number of benzene rings is 1. The molecular formula is C32H40N4O4S. The largest absolute Gasteiger partial charge is 0.492 e. The number of aromatic nitrogens is 3. The summed E-state index contributed by atoms with van der Waals surface area (Å²) in [6.07, 6.45) is 7.16. The van der Waals surface area contributed by atoms with Gasteiger partial charge in [0.25, 0.3) is 0 Å². The van der Waals surface area contributed by atoms with Crippen molar-refractivity contribution in [3.8, 4) is 23.0 Å². The molecule has 2 aliphatic rings. The Kier molecular flexibility index (Phi) is 7.72. The molecule has 0 spiro atoms. The van der Waals surface area contributed by atoms with Gasteiger partial charge in [0.15, 0.2) is 5.82 Å².